The molecule has 2 fully saturated rings. The van der Waals surface area contributed by atoms with E-state index in [0.717, 1.165) is 51.9 Å². The molecule has 1 amide bonds. The third-order valence-corrected chi connectivity index (χ3v) is 5.25. The van der Waals surface area contributed by atoms with Gasteiger partial charge in [-0.25, -0.2) is 0 Å². The van der Waals surface area contributed by atoms with Crippen LogP contribution in [0.15, 0.2) is 0 Å². The van der Waals surface area contributed by atoms with E-state index in [1.54, 1.807) is 0 Å². The van der Waals surface area contributed by atoms with Crippen molar-refractivity contribution in [3.8, 4) is 0 Å². The van der Waals surface area contributed by atoms with Crippen LogP contribution in [0.3, 0.4) is 0 Å². The molecule has 0 aromatic heterocycles. The van der Waals surface area contributed by atoms with E-state index in [1.165, 1.54) is 0 Å². The maximum Gasteiger partial charge on any atom is 0.238 e. The summed E-state index contributed by atoms with van der Waals surface area (Å²) < 4.78 is 5.68. The van der Waals surface area contributed by atoms with Gasteiger partial charge in [0.25, 0.3) is 0 Å². The Labute approximate surface area is 128 Å². The Bertz CT molecular complexity index is 363. The average Bonchev–Trinajstić information content (AvgIpc) is 2.84. The van der Waals surface area contributed by atoms with Gasteiger partial charge in [0.15, 0.2) is 0 Å². The van der Waals surface area contributed by atoms with Crippen molar-refractivity contribution in [3.63, 3.8) is 0 Å². The molecular weight excluding hydrogens is 266 g/mol. The number of ether oxygens (including phenoxy) is 1. The highest BCUT2D eigenvalue weighted by atomic mass is 16.5. The third-order valence-electron chi connectivity index (χ3n) is 5.25. The molecule has 1 heterocycles. The van der Waals surface area contributed by atoms with Gasteiger partial charge < -0.3 is 15.8 Å². The van der Waals surface area contributed by atoms with Gasteiger partial charge in [-0.05, 0) is 52.1 Å². The van der Waals surface area contributed by atoms with Gasteiger partial charge in [0.1, 0.15) is 5.54 Å². The number of carbonyl (C=O) groups excluding carboxylic acids is 1. The van der Waals surface area contributed by atoms with Crippen LogP contribution in [0.2, 0.25) is 0 Å². The molecule has 0 aromatic rings. The van der Waals surface area contributed by atoms with Crippen molar-refractivity contribution in [1.29, 1.82) is 0 Å². The van der Waals surface area contributed by atoms with Gasteiger partial charge in [0.05, 0.1) is 12.7 Å². The van der Waals surface area contributed by atoms with Gasteiger partial charge in [-0.15, -0.1) is 0 Å². The highest BCUT2D eigenvalue weighted by molar-refractivity contribution is 5.85. The number of nitrogens with two attached hydrogens (primary N) is 1. The van der Waals surface area contributed by atoms with E-state index >= 15 is 0 Å². The lowest BCUT2D eigenvalue weighted by Gasteiger charge is -2.39. The molecule has 3 N–H and O–H groups in total. The van der Waals surface area contributed by atoms with Crippen molar-refractivity contribution in [1.82, 2.24) is 10.2 Å². The van der Waals surface area contributed by atoms with Crippen LogP contribution >= 0.6 is 0 Å². The number of amides is 1. The summed E-state index contributed by atoms with van der Waals surface area (Å²) in [7, 11) is 0. The van der Waals surface area contributed by atoms with Crippen molar-refractivity contribution in [2.24, 2.45) is 11.7 Å². The summed E-state index contributed by atoms with van der Waals surface area (Å²) in [6.45, 7) is 10.0. The molecule has 0 bridgehead atoms. The largest absolute Gasteiger partial charge is 0.376 e. The molecule has 1 aliphatic carbocycles. The number of rotatable bonds is 6. The van der Waals surface area contributed by atoms with Gasteiger partial charge >= 0.3 is 0 Å². The molecule has 0 aromatic carbocycles. The molecule has 1 saturated carbocycles. The van der Waals surface area contributed by atoms with Gasteiger partial charge in [0, 0.05) is 12.6 Å². The SMILES string of the molecule is CCNC1(C(N)=O)CCCC1CCN1CC(C)OCC1C. The number of morpholine rings is 1. The molecule has 21 heavy (non-hydrogen) atoms. The first-order valence-corrected chi connectivity index (χ1v) is 8.40. The highest BCUT2D eigenvalue weighted by Crippen LogP contribution is 2.38. The van der Waals surface area contributed by atoms with E-state index in [0.29, 0.717) is 18.1 Å². The summed E-state index contributed by atoms with van der Waals surface area (Å²) in [5, 5.41) is 3.40. The lowest BCUT2D eigenvalue weighted by molar-refractivity contribution is -0.126. The number of hydrogen-bond acceptors (Lipinski definition) is 4. The van der Waals surface area contributed by atoms with Crippen LogP contribution in [0.25, 0.3) is 0 Å². The van der Waals surface area contributed by atoms with Crippen LogP contribution in [-0.2, 0) is 9.53 Å². The Balaban J connectivity index is 1.96. The minimum Gasteiger partial charge on any atom is -0.376 e. The smallest absolute Gasteiger partial charge is 0.238 e. The van der Waals surface area contributed by atoms with Crippen LogP contribution in [0.4, 0.5) is 0 Å². The first kappa shape index (κ1) is 16.7. The number of likely N-dealkylation sites (N-methyl/N-ethyl adjacent to an activating group) is 1. The van der Waals surface area contributed by atoms with Crippen molar-refractivity contribution in [2.75, 3.05) is 26.2 Å². The number of carbonyl (C=O) groups is 1. The summed E-state index contributed by atoms with van der Waals surface area (Å²) in [6, 6.07) is 0.463. The van der Waals surface area contributed by atoms with E-state index in [-0.39, 0.29) is 5.91 Å². The Morgan fingerprint density at radius 2 is 2.24 bits per heavy atom. The highest BCUT2D eigenvalue weighted by Gasteiger charge is 2.46. The predicted octanol–water partition coefficient (Wildman–Crippen LogP) is 1.12. The molecule has 0 spiro atoms. The topological polar surface area (TPSA) is 67.6 Å². The van der Waals surface area contributed by atoms with Gasteiger partial charge in [0.2, 0.25) is 5.91 Å². The predicted molar refractivity (Wildman–Crippen MR) is 84.0 cm³/mol. The monoisotopic (exact) mass is 297 g/mol. The maximum absolute atomic E-state index is 12.0. The minimum absolute atomic E-state index is 0.171. The van der Waals surface area contributed by atoms with E-state index in [9.17, 15) is 4.79 Å². The van der Waals surface area contributed by atoms with E-state index in [1.807, 2.05) is 6.92 Å². The number of nitrogens with one attached hydrogen (secondary N) is 1. The number of primary amides is 1. The lowest BCUT2D eigenvalue weighted by atomic mass is 9.83. The summed E-state index contributed by atoms with van der Waals surface area (Å²) in [5.74, 6) is 0.190. The second-order valence-corrected chi connectivity index (χ2v) is 6.73. The van der Waals surface area contributed by atoms with Gasteiger partial charge in [-0.1, -0.05) is 13.3 Å². The molecule has 4 atom stereocenters. The molecule has 122 valence electrons. The van der Waals surface area contributed by atoms with Crippen LogP contribution in [0, 0.1) is 5.92 Å². The minimum atomic E-state index is -0.476. The summed E-state index contributed by atoms with van der Waals surface area (Å²) in [5.41, 5.74) is 5.26. The zero-order valence-corrected chi connectivity index (χ0v) is 13.7. The standard InChI is InChI=1S/C16H31N3O2/c1-4-18-16(15(17)20)8-5-6-14(16)7-9-19-10-13(3)21-11-12(19)2/h12-14,18H,4-11H2,1-3H3,(H2,17,20). The molecular formula is C16H31N3O2. The molecule has 2 rings (SSSR count). The quantitative estimate of drug-likeness (QED) is 0.771. The van der Waals surface area contributed by atoms with Crippen molar-refractivity contribution in [3.05, 3.63) is 0 Å². The Morgan fingerprint density at radius 3 is 2.90 bits per heavy atom. The zero-order valence-electron chi connectivity index (χ0n) is 13.7. The zero-order chi connectivity index (χ0) is 15.5. The molecule has 5 nitrogen and oxygen atoms in total. The fraction of sp³-hybridized carbons (Fsp3) is 0.938. The second-order valence-electron chi connectivity index (χ2n) is 6.73. The fourth-order valence-electron chi connectivity index (χ4n) is 4.03. The molecule has 5 heteroatoms. The first-order chi connectivity index (χ1) is 9.99. The average molecular weight is 297 g/mol. The summed E-state index contributed by atoms with van der Waals surface area (Å²) >= 11 is 0. The van der Waals surface area contributed by atoms with Crippen molar-refractivity contribution >= 4 is 5.91 Å². The maximum atomic E-state index is 12.0. The van der Waals surface area contributed by atoms with Crippen LogP contribution in [-0.4, -0.2) is 54.7 Å². The Morgan fingerprint density at radius 1 is 1.48 bits per heavy atom. The molecule has 0 radical (unpaired) electrons. The van der Waals surface area contributed by atoms with Gasteiger partial charge in [-0.2, -0.15) is 0 Å². The van der Waals surface area contributed by atoms with Crippen LogP contribution in [0.1, 0.15) is 46.5 Å². The second kappa shape index (κ2) is 7.07. The van der Waals surface area contributed by atoms with Crippen molar-refractivity contribution in [2.45, 2.75) is 64.1 Å². The summed E-state index contributed by atoms with van der Waals surface area (Å²) in [4.78, 5) is 14.5. The molecule has 2 aliphatic rings. The number of nitrogens with zero attached hydrogens (tertiary/aromatic N) is 1. The van der Waals surface area contributed by atoms with Gasteiger partial charge in [-0.3, -0.25) is 9.69 Å². The van der Waals surface area contributed by atoms with Crippen LogP contribution < -0.4 is 11.1 Å². The first-order valence-electron chi connectivity index (χ1n) is 8.40. The molecule has 4 unspecified atom stereocenters. The number of hydrogen-bond donors (Lipinski definition) is 2. The molecule has 1 saturated heterocycles. The molecule has 1 aliphatic heterocycles. The van der Waals surface area contributed by atoms with Crippen LogP contribution in [0.5, 0.6) is 0 Å². The van der Waals surface area contributed by atoms with Crippen molar-refractivity contribution < 1.29 is 9.53 Å². The fourth-order valence-corrected chi connectivity index (χ4v) is 4.03. The third kappa shape index (κ3) is 3.58. The van der Waals surface area contributed by atoms with E-state index < -0.39 is 5.54 Å². The Hall–Kier alpha value is -0.650. The normalized spacial score (nSPS) is 37.8. The van der Waals surface area contributed by atoms with E-state index in [2.05, 4.69) is 24.1 Å². The lowest BCUT2D eigenvalue weighted by Crippen LogP contribution is -2.58. The van der Waals surface area contributed by atoms with E-state index in [4.69, 9.17) is 10.5 Å². The Kier molecular flexibility index (Phi) is 5.63. The summed E-state index contributed by atoms with van der Waals surface area (Å²) in [6.07, 6.45) is 4.42.